The van der Waals surface area contributed by atoms with Crippen LogP contribution in [0.1, 0.15) is 10.5 Å². The molecule has 1 aromatic heterocycles. The van der Waals surface area contributed by atoms with Crippen molar-refractivity contribution in [2.45, 2.75) is 0 Å². The number of aromatic nitrogens is 2. The number of rotatable bonds is 2. The van der Waals surface area contributed by atoms with Crippen molar-refractivity contribution >= 4 is 29.2 Å². The van der Waals surface area contributed by atoms with E-state index in [1.54, 1.807) is 6.07 Å². The fourth-order valence-electron chi connectivity index (χ4n) is 1.42. The maximum Gasteiger partial charge on any atom is 0.354 e. The van der Waals surface area contributed by atoms with E-state index in [4.69, 9.17) is 28.3 Å². The number of carboxylic acids is 1. The molecular formula is C10H6Cl2N2O3. The molecule has 1 heterocycles. The van der Waals surface area contributed by atoms with Crippen LogP contribution in [0.25, 0.3) is 5.69 Å². The van der Waals surface area contributed by atoms with Crippen LogP contribution in [0.5, 0.6) is 0 Å². The van der Waals surface area contributed by atoms with Crippen molar-refractivity contribution in [3.8, 4) is 5.69 Å². The average molecular weight is 273 g/mol. The quantitative estimate of drug-likeness (QED) is 0.880. The van der Waals surface area contributed by atoms with Gasteiger partial charge in [0.1, 0.15) is 0 Å². The summed E-state index contributed by atoms with van der Waals surface area (Å²) in [6.07, 6.45) is 1.10. The third-order valence-corrected chi connectivity index (χ3v) is 2.70. The summed E-state index contributed by atoms with van der Waals surface area (Å²) in [6.45, 7) is 0. The first kappa shape index (κ1) is 11.8. The smallest absolute Gasteiger partial charge is 0.354 e. The number of benzene rings is 1. The van der Waals surface area contributed by atoms with Gasteiger partial charge in [0, 0.05) is 11.2 Å². The van der Waals surface area contributed by atoms with Gasteiger partial charge >= 0.3 is 11.7 Å². The minimum absolute atomic E-state index is 0.209. The molecule has 5 nitrogen and oxygen atoms in total. The number of hydrogen-bond acceptors (Lipinski definition) is 2. The second-order valence-electron chi connectivity index (χ2n) is 3.22. The molecule has 2 rings (SSSR count). The van der Waals surface area contributed by atoms with Gasteiger partial charge in [-0.3, -0.25) is 4.57 Å². The zero-order chi connectivity index (χ0) is 12.6. The van der Waals surface area contributed by atoms with Gasteiger partial charge in [-0.15, -0.1) is 0 Å². The SMILES string of the molecule is O=C(O)c1c[nH]c(=O)n1-c1cc(Cl)ccc1Cl. The highest BCUT2D eigenvalue weighted by molar-refractivity contribution is 6.34. The van der Waals surface area contributed by atoms with E-state index in [0.717, 1.165) is 10.8 Å². The first-order valence-electron chi connectivity index (χ1n) is 4.50. The van der Waals surface area contributed by atoms with Gasteiger partial charge in [-0.05, 0) is 18.2 Å². The number of nitrogens with zero attached hydrogens (tertiary/aromatic N) is 1. The van der Waals surface area contributed by atoms with Crippen molar-refractivity contribution in [3.63, 3.8) is 0 Å². The molecular weight excluding hydrogens is 267 g/mol. The molecule has 0 radical (unpaired) electrons. The summed E-state index contributed by atoms with van der Waals surface area (Å²) in [6, 6.07) is 4.46. The van der Waals surface area contributed by atoms with Crippen LogP contribution in [0.2, 0.25) is 10.0 Å². The van der Waals surface area contributed by atoms with Gasteiger partial charge in [-0.25, -0.2) is 9.59 Å². The van der Waals surface area contributed by atoms with Crippen LogP contribution in [-0.4, -0.2) is 20.6 Å². The van der Waals surface area contributed by atoms with Crippen molar-refractivity contribution in [3.05, 3.63) is 50.6 Å². The van der Waals surface area contributed by atoms with Crippen molar-refractivity contribution in [1.82, 2.24) is 9.55 Å². The number of carbonyl (C=O) groups is 1. The van der Waals surface area contributed by atoms with Crippen molar-refractivity contribution in [2.24, 2.45) is 0 Å². The lowest BCUT2D eigenvalue weighted by atomic mass is 10.3. The summed E-state index contributed by atoms with van der Waals surface area (Å²) in [7, 11) is 0. The van der Waals surface area contributed by atoms with Crippen molar-refractivity contribution in [2.75, 3.05) is 0 Å². The summed E-state index contributed by atoms with van der Waals surface area (Å²) in [5, 5.41) is 9.53. The molecule has 0 aliphatic heterocycles. The molecule has 1 aromatic carbocycles. The van der Waals surface area contributed by atoms with E-state index >= 15 is 0 Å². The highest BCUT2D eigenvalue weighted by Gasteiger charge is 2.16. The first-order valence-corrected chi connectivity index (χ1v) is 5.25. The molecule has 0 saturated heterocycles. The van der Waals surface area contributed by atoms with Gasteiger partial charge in [-0.1, -0.05) is 23.2 Å². The molecule has 2 aromatic rings. The number of hydrogen-bond donors (Lipinski definition) is 2. The van der Waals surface area contributed by atoms with Crippen LogP contribution >= 0.6 is 23.2 Å². The van der Waals surface area contributed by atoms with Crippen LogP contribution in [0.3, 0.4) is 0 Å². The summed E-state index contributed by atoms with van der Waals surface area (Å²) in [5.41, 5.74) is -0.575. The molecule has 0 amide bonds. The van der Waals surface area contributed by atoms with Gasteiger partial charge in [0.25, 0.3) is 0 Å². The van der Waals surface area contributed by atoms with Crippen LogP contribution in [-0.2, 0) is 0 Å². The second-order valence-corrected chi connectivity index (χ2v) is 4.06. The second kappa shape index (κ2) is 4.27. The Balaban J connectivity index is 2.76. The van der Waals surface area contributed by atoms with Gasteiger partial charge in [0.05, 0.1) is 10.7 Å². The van der Waals surface area contributed by atoms with Crippen LogP contribution in [0.4, 0.5) is 0 Å². The summed E-state index contributed by atoms with van der Waals surface area (Å²) >= 11 is 11.7. The molecule has 0 spiro atoms. The van der Waals surface area contributed by atoms with Gasteiger partial charge in [0.15, 0.2) is 5.69 Å². The van der Waals surface area contributed by atoms with E-state index in [1.165, 1.54) is 12.1 Å². The van der Waals surface area contributed by atoms with Crippen LogP contribution in [0.15, 0.2) is 29.2 Å². The normalized spacial score (nSPS) is 10.5. The first-order chi connectivity index (χ1) is 8.00. The van der Waals surface area contributed by atoms with E-state index < -0.39 is 11.7 Å². The predicted octanol–water partition coefficient (Wildman–Crippen LogP) is 2.17. The Morgan fingerprint density at radius 3 is 2.71 bits per heavy atom. The summed E-state index contributed by atoms with van der Waals surface area (Å²) in [5.74, 6) is -1.24. The standard InChI is InChI=1S/C10H6Cl2N2O3/c11-5-1-2-6(12)7(3-5)14-8(9(15)16)4-13-10(14)17/h1-4H,(H,13,17)(H,15,16). The molecule has 0 aliphatic rings. The average Bonchev–Trinajstić information content (AvgIpc) is 2.64. The van der Waals surface area contributed by atoms with Crippen LogP contribution in [0, 0.1) is 0 Å². The van der Waals surface area contributed by atoms with Crippen molar-refractivity contribution in [1.29, 1.82) is 0 Å². The predicted molar refractivity (Wildman–Crippen MR) is 63.4 cm³/mol. The summed E-state index contributed by atoms with van der Waals surface area (Å²) in [4.78, 5) is 24.8. The third kappa shape index (κ3) is 2.07. The largest absolute Gasteiger partial charge is 0.477 e. The lowest BCUT2D eigenvalue weighted by Crippen LogP contribution is -2.19. The number of H-pyrrole nitrogens is 1. The van der Waals surface area contributed by atoms with Gasteiger partial charge in [-0.2, -0.15) is 0 Å². The topological polar surface area (TPSA) is 75.1 Å². The van der Waals surface area contributed by atoms with E-state index in [1.807, 2.05) is 0 Å². The molecule has 2 N–H and O–H groups in total. The Morgan fingerprint density at radius 1 is 1.35 bits per heavy atom. The number of imidazole rings is 1. The van der Waals surface area contributed by atoms with E-state index in [2.05, 4.69) is 4.98 Å². The fourth-order valence-corrected chi connectivity index (χ4v) is 1.79. The summed E-state index contributed by atoms with van der Waals surface area (Å²) < 4.78 is 0.955. The van der Waals surface area contributed by atoms with Crippen molar-refractivity contribution < 1.29 is 9.90 Å². The molecule has 7 heteroatoms. The Morgan fingerprint density at radius 2 is 2.06 bits per heavy atom. The lowest BCUT2D eigenvalue weighted by Gasteiger charge is -2.06. The number of carboxylic acid groups (broad SMARTS) is 1. The Labute approximate surface area is 105 Å². The van der Waals surface area contributed by atoms with E-state index in [9.17, 15) is 9.59 Å². The lowest BCUT2D eigenvalue weighted by molar-refractivity contribution is 0.0688. The number of aromatic amines is 1. The van der Waals surface area contributed by atoms with E-state index in [-0.39, 0.29) is 16.4 Å². The molecule has 0 fully saturated rings. The van der Waals surface area contributed by atoms with E-state index in [0.29, 0.717) is 5.02 Å². The monoisotopic (exact) mass is 272 g/mol. The molecule has 88 valence electrons. The highest BCUT2D eigenvalue weighted by Crippen LogP contribution is 2.24. The fraction of sp³-hybridized carbons (Fsp3) is 0. The maximum absolute atomic E-state index is 11.6. The molecule has 17 heavy (non-hydrogen) atoms. The molecule has 0 aliphatic carbocycles. The Kier molecular flexibility index (Phi) is 2.95. The van der Waals surface area contributed by atoms with Gasteiger partial charge in [0.2, 0.25) is 0 Å². The third-order valence-electron chi connectivity index (χ3n) is 2.14. The van der Waals surface area contributed by atoms with Crippen LogP contribution < -0.4 is 5.69 Å². The zero-order valence-corrected chi connectivity index (χ0v) is 9.79. The highest BCUT2D eigenvalue weighted by atomic mass is 35.5. The minimum Gasteiger partial charge on any atom is -0.477 e. The molecule has 0 unspecified atom stereocenters. The number of halogens is 2. The number of aromatic carboxylic acids is 1. The minimum atomic E-state index is -1.24. The maximum atomic E-state index is 11.6. The van der Waals surface area contributed by atoms with Gasteiger partial charge < -0.3 is 10.1 Å². The molecule has 0 atom stereocenters. The Bertz CT molecular complexity index is 645. The zero-order valence-electron chi connectivity index (χ0n) is 8.28. The molecule has 0 saturated carbocycles. The number of nitrogens with one attached hydrogen (secondary N) is 1. The Hall–Kier alpha value is -1.72. The molecule has 0 bridgehead atoms.